The van der Waals surface area contributed by atoms with Crippen LogP contribution < -0.4 is 5.48 Å². The van der Waals surface area contributed by atoms with Crippen LogP contribution in [0.1, 0.15) is 41.4 Å². The first-order chi connectivity index (χ1) is 10.1. The fraction of sp³-hybridized carbons (Fsp3) is 0.250. The number of halogens is 1. The molecule has 2 aromatic rings. The Hall–Kier alpha value is -1.91. The molecule has 0 unspecified atom stereocenters. The maximum absolute atomic E-state index is 12.0. The molecule has 1 aromatic heterocycles. The van der Waals surface area contributed by atoms with Gasteiger partial charge < -0.3 is 0 Å². The Morgan fingerprint density at radius 1 is 1.29 bits per heavy atom. The summed E-state index contributed by atoms with van der Waals surface area (Å²) in [5.74, 6) is -0.141. The molecule has 0 radical (unpaired) electrons. The highest BCUT2D eigenvalue weighted by molar-refractivity contribution is 6.29. The van der Waals surface area contributed by atoms with Crippen LogP contribution in [0, 0.1) is 0 Å². The van der Waals surface area contributed by atoms with Crippen molar-refractivity contribution in [1.82, 2.24) is 10.5 Å². The maximum atomic E-state index is 12.0. The Kier molecular flexibility index (Phi) is 5.31. The third-order valence-corrected chi connectivity index (χ3v) is 3.11. The minimum absolute atomic E-state index is 0.195. The lowest BCUT2D eigenvalue weighted by Crippen LogP contribution is -2.24. The van der Waals surface area contributed by atoms with Crippen molar-refractivity contribution in [1.29, 1.82) is 0 Å². The molecule has 5 heteroatoms. The number of nitrogens with zero attached hydrogens (tertiary/aromatic N) is 1. The normalized spacial score (nSPS) is 10.7. The molecule has 0 spiro atoms. The van der Waals surface area contributed by atoms with Gasteiger partial charge in [-0.05, 0) is 23.6 Å². The third-order valence-electron chi connectivity index (χ3n) is 2.91. The second-order valence-corrected chi connectivity index (χ2v) is 5.35. The molecule has 1 aromatic carbocycles. The zero-order valence-corrected chi connectivity index (χ0v) is 12.7. The zero-order valence-electron chi connectivity index (χ0n) is 12.0. The van der Waals surface area contributed by atoms with E-state index in [1.807, 2.05) is 44.2 Å². The van der Waals surface area contributed by atoms with Crippen molar-refractivity contribution >= 4 is 17.5 Å². The fourth-order valence-corrected chi connectivity index (χ4v) is 1.98. The van der Waals surface area contributed by atoms with Crippen molar-refractivity contribution in [3.63, 3.8) is 0 Å². The molecule has 110 valence electrons. The summed E-state index contributed by atoms with van der Waals surface area (Å²) in [5.41, 5.74) is 4.61. The van der Waals surface area contributed by atoms with Crippen molar-refractivity contribution in [3.8, 4) is 0 Å². The quantitative estimate of drug-likeness (QED) is 0.676. The molecule has 1 amide bonds. The van der Waals surface area contributed by atoms with Gasteiger partial charge in [-0.3, -0.25) is 9.63 Å². The van der Waals surface area contributed by atoms with E-state index >= 15 is 0 Å². The van der Waals surface area contributed by atoms with Crippen molar-refractivity contribution in [2.45, 2.75) is 26.4 Å². The minimum Gasteiger partial charge on any atom is -0.269 e. The lowest BCUT2D eigenvalue weighted by atomic mass is 10.1. The van der Waals surface area contributed by atoms with E-state index in [1.54, 1.807) is 6.07 Å². The van der Waals surface area contributed by atoms with Gasteiger partial charge in [0.15, 0.2) is 0 Å². The molecule has 0 fully saturated rings. The highest BCUT2D eigenvalue weighted by Gasteiger charge is 2.11. The molecule has 0 aliphatic heterocycles. The van der Waals surface area contributed by atoms with Crippen LogP contribution in [0.25, 0.3) is 0 Å². The summed E-state index contributed by atoms with van der Waals surface area (Å²) in [7, 11) is 0. The predicted octanol–water partition coefficient (Wildman–Crippen LogP) is 3.72. The monoisotopic (exact) mass is 304 g/mol. The highest BCUT2D eigenvalue weighted by atomic mass is 35.5. The first-order valence-corrected chi connectivity index (χ1v) is 7.07. The van der Waals surface area contributed by atoms with Gasteiger partial charge in [0.2, 0.25) is 0 Å². The van der Waals surface area contributed by atoms with E-state index < -0.39 is 0 Å². The second kappa shape index (κ2) is 7.20. The van der Waals surface area contributed by atoms with Crippen LogP contribution in [0.3, 0.4) is 0 Å². The topological polar surface area (TPSA) is 51.2 Å². The van der Waals surface area contributed by atoms with E-state index in [0.717, 1.165) is 11.3 Å². The largest absolute Gasteiger partial charge is 0.275 e. The molecule has 1 N–H and O–H groups in total. The molecular formula is C16H17ClN2O2. The molecule has 0 aliphatic rings. The third kappa shape index (κ3) is 4.55. The van der Waals surface area contributed by atoms with Crippen molar-refractivity contribution < 1.29 is 9.63 Å². The van der Waals surface area contributed by atoms with Gasteiger partial charge in [0.1, 0.15) is 5.15 Å². The average molecular weight is 305 g/mol. The van der Waals surface area contributed by atoms with Crippen LogP contribution in [0.2, 0.25) is 5.15 Å². The summed E-state index contributed by atoms with van der Waals surface area (Å²) < 4.78 is 0. The van der Waals surface area contributed by atoms with Crippen LogP contribution >= 0.6 is 11.6 Å². The number of aromatic nitrogens is 1. The van der Waals surface area contributed by atoms with E-state index in [0.29, 0.717) is 17.3 Å². The number of rotatable bonds is 5. The SMILES string of the molecule is CC(C)c1cc(C(=O)NOCc2ccccc2)cc(Cl)n1. The van der Waals surface area contributed by atoms with Gasteiger partial charge >= 0.3 is 0 Å². The molecule has 4 nitrogen and oxygen atoms in total. The molecular weight excluding hydrogens is 288 g/mol. The number of hydrogen-bond acceptors (Lipinski definition) is 3. The van der Waals surface area contributed by atoms with Crippen molar-refractivity contribution in [3.05, 3.63) is 64.4 Å². The van der Waals surface area contributed by atoms with E-state index in [1.165, 1.54) is 6.07 Å². The van der Waals surface area contributed by atoms with Gasteiger partial charge in [-0.25, -0.2) is 10.5 Å². The minimum atomic E-state index is -0.336. The standard InChI is InChI=1S/C16H17ClN2O2/c1-11(2)14-8-13(9-15(17)18-14)16(20)19-21-10-12-6-4-3-5-7-12/h3-9,11H,10H2,1-2H3,(H,19,20). The molecule has 0 saturated heterocycles. The van der Waals surface area contributed by atoms with Gasteiger partial charge in [-0.15, -0.1) is 0 Å². The average Bonchev–Trinajstić information content (AvgIpc) is 2.47. The van der Waals surface area contributed by atoms with Crippen molar-refractivity contribution in [2.24, 2.45) is 0 Å². The molecule has 0 bridgehead atoms. The molecule has 2 rings (SSSR count). The highest BCUT2D eigenvalue weighted by Crippen LogP contribution is 2.17. The van der Waals surface area contributed by atoms with Crippen LogP contribution in [-0.4, -0.2) is 10.9 Å². The summed E-state index contributed by atoms with van der Waals surface area (Å²) in [6.45, 7) is 4.29. The first-order valence-electron chi connectivity index (χ1n) is 6.70. The zero-order chi connectivity index (χ0) is 15.2. The Labute approximate surface area is 129 Å². The summed E-state index contributed by atoms with van der Waals surface area (Å²) in [6.07, 6.45) is 0. The van der Waals surface area contributed by atoms with Gasteiger partial charge in [0.05, 0.1) is 6.61 Å². The Morgan fingerprint density at radius 3 is 2.67 bits per heavy atom. The second-order valence-electron chi connectivity index (χ2n) is 4.96. The number of carbonyl (C=O) groups is 1. The van der Waals surface area contributed by atoms with E-state index in [4.69, 9.17) is 16.4 Å². The summed E-state index contributed by atoms with van der Waals surface area (Å²) >= 11 is 5.94. The lowest BCUT2D eigenvalue weighted by Gasteiger charge is -2.09. The number of nitrogens with one attached hydrogen (secondary N) is 1. The molecule has 0 aliphatic carbocycles. The Bertz CT molecular complexity index is 615. The van der Waals surface area contributed by atoms with E-state index in [-0.39, 0.29) is 11.8 Å². The molecule has 0 saturated carbocycles. The number of hydroxylamine groups is 1. The first kappa shape index (κ1) is 15.5. The number of pyridine rings is 1. The Balaban J connectivity index is 1.97. The lowest BCUT2D eigenvalue weighted by molar-refractivity contribution is 0.0233. The van der Waals surface area contributed by atoms with Crippen molar-refractivity contribution in [2.75, 3.05) is 0 Å². The maximum Gasteiger partial charge on any atom is 0.275 e. The van der Waals surface area contributed by atoms with Gasteiger partial charge in [-0.2, -0.15) is 0 Å². The smallest absolute Gasteiger partial charge is 0.269 e. The Morgan fingerprint density at radius 2 is 2.00 bits per heavy atom. The molecule has 0 atom stereocenters. The summed E-state index contributed by atoms with van der Waals surface area (Å²) in [6, 6.07) is 12.8. The van der Waals surface area contributed by atoms with Gasteiger partial charge in [-0.1, -0.05) is 55.8 Å². The predicted molar refractivity (Wildman–Crippen MR) is 82.0 cm³/mol. The fourth-order valence-electron chi connectivity index (χ4n) is 1.76. The van der Waals surface area contributed by atoms with Crippen LogP contribution in [0.4, 0.5) is 0 Å². The van der Waals surface area contributed by atoms with Gasteiger partial charge in [0, 0.05) is 11.3 Å². The summed E-state index contributed by atoms with van der Waals surface area (Å²) in [5, 5.41) is 0.300. The summed E-state index contributed by atoms with van der Waals surface area (Å²) in [4.78, 5) is 21.4. The number of amides is 1. The molecule has 1 heterocycles. The molecule has 21 heavy (non-hydrogen) atoms. The van der Waals surface area contributed by atoms with E-state index in [2.05, 4.69) is 10.5 Å². The number of benzene rings is 1. The number of hydrogen-bond donors (Lipinski definition) is 1. The van der Waals surface area contributed by atoms with Crippen LogP contribution in [0.15, 0.2) is 42.5 Å². The van der Waals surface area contributed by atoms with E-state index in [9.17, 15) is 4.79 Å². The van der Waals surface area contributed by atoms with Crippen LogP contribution in [0.5, 0.6) is 0 Å². The van der Waals surface area contributed by atoms with Gasteiger partial charge in [0.25, 0.3) is 5.91 Å². The number of carbonyl (C=O) groups excluding carboxylic acids is 1. The van der Waals surface area contributed by atoms with Crippen LogP contribution in [-0.2, 0) is 11.4 Å².